The van der Waals surface area contributed by atoms with Crippen LogP contribution in [0.1, 0.15) is 29.9 Å². The van der Waals surface area contributed by atoms with E-state index in [1.807, 2.05) is 24.0 Å². The van der Waals surface area contributed by atoms with Crippen molar-refractivity contribution < 1.29 is 9.21 Å². The number of hydrogen-bond donors (Lipinski definition) is 1. The maximum atomic E-state index is 12.3. The third kappa shape index (κ3) is 3.59. The molecular weight excluding hydrogens is 268 g/mol. The summed E-state index contributed by atoms with van der Waals surface area (Å²) in [4.78, 5) is 22.5. The van der Waals surface area contributed by atoms with Gasteiger partial charge in [-0.15, -0.1) is 0 Å². The lowest BCUT2D eigenvalue weighted by molar-refractivity contribution is 0.191. The molecule has 0 aromatic carbocycles. The summed E-state index contributed by atoms with van der Waals surface area (Å²) in [6.45, 7) is 2.83. The molecule has 1 N–H and O–H groups in total. The Balaban J connectivity index is 1.59. The van der Waals surface area contributed by atoms with Crippen molar-refractivity contribution in [3.05, 3.63) is 47.9 Å². The average Bonchev–Trinajstić information content (AvgIpc) is 3.19. The highest BCUT2D eigenvalue weighted by Crippen LogP contribution is 2.28. The molecule has 110 valence electrons. The van der Waals surface area contributed by atoms with Crippen molar-refractivity contribution in [2.75, 3.05) is 0 Å². The number of rotatable bonds is 5. The van der Waals surface area contributed by atoms with Gasteiger partial charge in [-0.25, -0.2) is 14.8 Å². The van der Waals surface area contributed by atoms with Gasteiger partial charge in [0, 0.05) is 17.8 Å². The summed E-state index contributed by atoms with van der Waals surface area (Å²) in [5.41, 5.74) is 1.82. The quantitative estimate of drug-likeness (QED) is 0.915. The van der Waals surface area contributed by atoms with Gasteiger partial charge in [-0.1, -0.05) is 0 Å². The summed E-state index contributed by atoms with van der Waals surface area (Å²) in [6.07, 6.45) is 7.14. The normalized spacial score (nSPS) is 14.0. The maximum Gasteiger partial charge on any atom is 0.318 e. The van der Waals surface area contributed by atoms with Crippen LogP contribution in [0.15, 0.2) is 35.3 Å². The molecule has 2 heterocycles. The summed E-state index contributed by atoms with van der Waals surface area (Å²) in [5, 5.41) is 2.93. The van der Waals surface area contributed by atoms with Crippen LogP contribution < -0.4 is 5.32 Å². The molecule has 0 radical (unpaired) electrons. The molecule has 0 saturated heterocycles. The van der Waals surface area contributed by atoms with Gasteiger partial charge in [0.15, 0.2) is 0 Å². The zero-order valence-electron chi connectivity index (χ0n) is 12.0. The molecule has 1 aliphatic carbocycles. The minimum atomic E-state index is -0.0602. The highest BCUT2D eigenvalue weighted by atomic mass is 16.3. The molecule has 1 saturated carbocycles. The predicted octanol–water partition coefficient (Wildman–Crippen LogP) is 2.25. The average molecular weight is 286 g/mol. The minimum absolute atomic E-state index is 0.0602. The molecule has 0 spiro atoms. The standard InChI is InChI=1S/C15H18N4O2/c1-11-16-6-4-13(18-11)8-17-15(20)19(14-2-3-14)9-12-5-7-21-10-12/h4-7,10,14H,2-3,8-9H2,1H3,(H,17,20). The highest BCUT2D eigenvalue weighted by molar-refractivity contribution is 5.74. The predicted molar refractivity (Wildman–Crippen MR) is 76.3 cm³/mol. The van der Waals surface area contributed by atoms with E-state index in [0.29, 0.717) is 25.0 Å². The van der Waals surface area contributed by atoms with E-state index < -0.39 is 0 Å². The number of carbonyl (C=O) groups is 1. The van der Waals surface area contributed by atoms with Gasteiger partial charge in [0.25, 0.3) is 0 Å². The third-order valence-electron chi connectivity index (χ3n) is 3.44. The van der Waals surface area contributed by atoms with Crippen LogP contribution in [-0.4, -0.2) is 26.9 Å². The van der Waals surface area contributed by atoms with E-state index in [4.69, 9.17) is 4.42 Å². The van der Waals surface area contributed by atoms with Crippen LogP contribution in [0.2, 0.25) is 0 Å². The second-order valence-electron chi connectivity index (χ2n) is 5.24. The van der Waals surface area contributed by atoms with E-state index in [-0.39, 0.29) is 6.03 Å². The minimum Gasteiger partial charge on any atom is -0.472 e. The Labute approximate surface area is 123 Å². The Morgan fingerprint density at radius 3 is 3.00 bits per heavy atom. The van der Waals surface area contributed by atoms with E-state index in [1.165, 1.54) is 0 Å². The highest BCUT2D eigenvalue weighted by Gasteiger charge is 2.32. The second-order valence-corrected chi connectivity index (χ2v) is 5.24. The number of amides is 2. The van der Waals surface area contributed by atoms with Crippen molar-refractivity contribution in [2.45, 2.75) is 38.9 Å². The summed E-state index contributed by atoms with van der Waals surface area (Å²) >= 11 is 0. The van der Waals surface area contributed by atoms with E-state index in [2.05, 4.69) is 15.3 Å². The number of nitrogens with one attached hydrogen (secondary N) is 1. The topological polar surface area (TPSA) is 71.3 Å². The second kappa shape index (κ2) is 5.95. The molecule has 1 aliphatic rings. The fraction of sp³-hybridized carbons (Fsp3) is 0.400. The molecule has 6 heteroatoms. The van der Waals surface area contributed by atoms with Gasteiger partial charge in [-0.05, 0) is 31.9 Å². The van der Waals surface area contributed by atoms with Crippen LogP contribution >= 0.6 is 0 Å². The lowest BCUT2D eigenvalue weighted by Crippen LogP contribution is -2.40. The Morgan fingerprint density at radius 1 is 1.48 bits per heavy atom. The first kappa shape index (κ1) is 13.6. The third-order valence-corrected chi connectivity index (χ3v) is 3.44. The number of hydrogen-bond acceptors (Lipinski definition) is 4. The molecule has 0 atom stereocenters. The summed E-state index contributed by atoms with van der Waals surface area (Å²) in [6, 6.07) is 3.98. The zero-order valence-corrected chi connectivity index (χ0v) is 12.0. The fourth-order valence-corrected chi connectivity index (χ4v) is 2.20. The lowest BCUT2D eigenvalue weighted by Gasteiger charge is -2.22. The number of aryl methyl sites for hydroxylation is 1. The van der Waals surface area contributed by atoms with Crippen LogP contribution in [0.4, 0.5) is 4.79 Å². The van der Waals surface area contributed by atoms with Crippen molar-refractivity contribution in [2.24, 2.45) is 0 Å². The van der Waals surface area contributed by atoms with Gasteiger partial charge < -0.3 is 14.6 Å². The van der Waals surface area contributed by atoms with Crippen LogP contribution in [0, 0.1) is 6.92 Å². The first-order chi connectivity index (χ1) is 10.2. The van der Waals surface area contributed by atoms with Crippen molar-refractivity contribution in [3.8, 4) is 0 Å². The molecule has 0 aliphatic heterocycles. The molecule has 2 aromatic heterocycles. The van der Waals surface area contributed by atoms with Gasteiger partial charge in [0.05, 0.1) is 31.3 Å². The molecule has 3 rings (SSSR count). The van der Waals surface area contributed by atoms with Crippen LogP contribution in [0.25, 0.3) is 0 Å². The SMILES string of the molecule is Cc1nccc(CNC(=O)N(Cc2ccoc2)C2CC2)n1. The van der Waals surface area contributed by atoms with Crippen molar-refractivity contribution in [1.82, 2.24) is 20.2 Å². The van der Waals surface area contributed by atoms with Crippen LogP contribution in [0.3, 0.4) is 0 Å². The number of nitrogens with zero attached hydrogens (tertiary/aromatic N) is 3. The van der Waals surface area contributed by atoms with Crippen molar-refractivity contribution in [1.29, 1.82) is 0 Å². The monoisotopic (exact) mass is 286 g/mol. The first-order valence-electron chi connectivity index (χ1n) is 7.06. The van der Waals surface area contributed by atoms with Gasteiger partial charge >= 0.3 is 6.03 Å². The summed E-state index contributed by atoms with van der Waals surface area (Å²) in [7, 11) is 0. The zero-order chi connectivity index (χ0) is 14.7. The molecule has 21 heavy (non-hydrogen) atoms. The molecular formula is C15H18N4O2. The van der Waals surface area contributed by atoms with Gasteiger partial charge in [-0.2, -0.15) is 0 Å². The van der Waals surface area contributed by atoms with E-state index >= 15 is 0 Å². The van der Waals surface area contributed by atoms with Crippen LogP contribution in [-0.2, 0) is 13.1 Å². The Morgan fingerprint density at radius 2 is 2.33 bits per heavy atom. The molecule has 2 amide bonds. The van der Waals surface area contributed by atoms with Crippen LogP contribution in [0.5, 0.6) is 0 Å². The Bertz CT molecular complexity index is 608. The van der Waals surface area contributed by atoms with Gasteiger partial charge in [-0.3, -0.25) is 0 Å². The summed E-state index contributed by atoms with van der Waals surface area (Å²) < 4.78 is 5.06. The number of furan rings is 1. The van der Waals surface area contributed by atoms with E-state index in [0.717, 1.165) is 24.1 Å². The van der Waals surface area contributed by atoms with Gasteiger partial charge in [0.2, 0.25) is 0 Å². The maximum absolute atomic E-state index is 12.3. The van der Waals surface area contributed by atoms with E-state index in [1.54, 1.807) is 18.7 Å². The largest absolute Gasteiger partial charge is 0.472 e. The van der Waals surface area contributed by atoms with Crippen molar-refractivity contribution in [3.63, 3.8) is 0 Å². The Hall–Kier alpha value is -2.37. The molecule has 2 aromatic rings. The Kier molecular flexibility index (Phi) is 3.85. The van der Waals surface area contributed by atoms with Crippen molar-refractivity contribution >= 4 is 6.03 Å². The molecule has 0 bridgehead atoms. The molecule has 6 nitrogen and oxygen atoms in total. The number of carbonyl (C=O) groups excluding carboxylic acids is 1. The first-order valence-corrected chi connectivity index (χ1v) is 7.06. The molecule has 1 fully saturated rings. The molecule has 0 unspecified atom stereocenters. The number of aromatic nitrogens is 2. The number of urea groups is 1. The van der Waals surface area contributed by atoms with Gasteiger partial charge in [0.1, 0.15) is 5.82 Å². The fourth-order valence-electron chi connectivity index (χ4n) is 2.20. The van der Waals surface area contributed by atoms with E-state index in [9.17, 15) is 4.79 Å². The summed E-state index contributed by atoms with van der Waals surface area (Å²) in [5.74, 6) is 0.708. The lowest BCUT2D eigenvalue weighted by atomic mass is 10.3. The smallest absolute Gasteiger partial charge is 0.318 e.